The van der Waals surface area contributed by atoms with Crippen molar-refractivity contribution in [2.24, 2.45) is 5.92 Å². The lowest BCUT2D eigenvalue weighted by molar-refractivity contribution is -0.125. The van der Waals surface area contributed by atoms with E-state index in [1.54, 1.807) is 6.07 Å². The standard InChI is InChI=1S/C16H25N3O2S/c1-11(2)14(18-15(20)13-5-4-10-22-13)16(21)17-12-6-8-19(3)9-7-12/h4-5,10-12,14H,6-9H2,1-3H3,(H,17,21)(H,18,20). The molecule has 122 valence electrons. The molecule has 1 aliphatic rings. The van der Waals surface area contributed by atoms with E-state index in [4.69, 9.17) is 0 Å². The van der Waals surface area contributed by atoms with E-state index in [2.05, 4.69) is 22.6 Å². The minimum atomic E-state index is -0.491. The second kappa shape index (κ2) is 7.74. The summed E-state index contributed by atoms with van der Waals surface area (Å²) >= 11 is 1.38. The molecule has 2 heterocycles. The average Bonchev–Trinajstić information content (AvgIpc) is 3.00. The van der Waals surface area contributed by atoms with Gasteiger partial charge in [-0.2, -0.15) is 0 Å². The predicted octanol–water partition coefficient (Wildman–Crippen LogP) is 1.71. The van der Waals surface area contributed by atoms with Crippen LogP contribution < -0.4 is 10.6 Å². The summed E-state index contributed by atoms with van der Waals surface area (Å²) in [6, 6.07) is 3.33. The molecule has 6 heteroatoms. The zero-order chi connectivity index (χ0) is 16.1. The molecule has 1 aromatic rings. The molecule has 1 aromatic heterocycles. The molecule has 0 saturated carbocycles. The summed E-state index contributed by atoms with van der Waals surface area (Å²) < 4.78 is 0. The van der Waals surface area contributed by atoms with Crippen LogP contribution >= 0.6 is 11.3 Å². The summed E-state index contributed by atoms with van der Waals surface area (Å²) in [5, 5.41) is 7.82. The number of hydrogen-bond acceptors (Lipinski definition) is 4. The second-order valence-corrected chi connectivity index (χ2v) is 7.21. The Labute approximate surface area is 136 Å². The third-order valence-corrected chi connectivity index (χ3v) is 4.91. The summed E-state index contributed by atoms with van der Waals surface area (Å²) in [7, 11) is 2.09. The van der Waals surface area contributed by atoms with Gasteiger partial charge < -0.3 is 15.5 Å². The SMILES string of the molecule is CC(C)C(NC(=O)c1cccs1)C(=O)NC1CCN(C)CC1. The van der Waals surface area contributed by atoms with Gasteiger partial charge in [-0.3, -0.25) is 9.59 Å². The highest BCUT2D eigenvalue weighted by molar-refractivity contribution is 7.12. The second-order valence-electron chi connectivity index (χ2n) is 6.26. The molecule has 2 amide bonds. The lowest BCUT2D eigenvalue weighted by atomic mass is 10.0. The number of thiophene rings is 1. The summed E-state index contributed by atoms with van der Waals surface area (Å²) in [6.07, 6.45) is 1.93. The molecular weight excluding hydrogens is 298 g/mol. The number of piperidine rings is 1. The Balaban J connectivity index is 1.92. The molecular formula is C16H25N3O2S. The van der Waals surface area contributed by atoms with Crippen molar-refractivity contribution >= 4 is 23.2 Å². The maximum atomic E-state index is 12.5. The molecule has 0 radical (unpaired) electrons. The number of amides is 2. The Bertz CT molecular complexity index is 493. The fourth-order valence-electron chi connectivity index (χ4n) is 2.60. The van der Waals surface area contributed by atoms with E-state index in [-0.39, 0.29) is 23.8 Å². The normalized spacial score (nSPS) is 18.2. The van der Waals surface area contributed by atoms with E-state index in [0.29, 0.717) is 4.88 Å². The van der Waals surface area contributed by atoms with Crippen LogP contribution in [0.3, 0.4) is 0 Å². The van der Waals surface area contributed by atoms with Crippen LogP contribution in [0.15, 0.2) is 17.5 Å². The van der Waals surface area contributed by atoms with Gasteiger partial charge in [0.25, 0.3) is 5.91 Å². The molecule has 1 atom stereocenters. The van der Waals surface area contributed by atoms with E-state index < -0.39 is 6.04 Å². The van der Waals surface area contributed by atoms with Gasteiger partial charge in [-0.15, -0.1) is 11.3 Å². The van der Waals surface area contributed by atoms with Gasteiger partial charge in [-0.1, -0.05) is 19.9 Å². The molecule has 5 nitrogen and oxygen atoms in total. The first kappa shape index (κ1) is 17.0. The van der Waals surface area contributed by atoms with E-state index in [1.165, 1.54) is 11.3 Å². The molecule has 0 aliphatic carbocycles. The smallest absolute Gasteiger partial charge is 0.262 e. The molecule has 22 heavy (non-hydrogen) atoms. The van der Waals surface area contributed by atoms with E-state index >= 15 is 0 Å². The number of hydrogen-bond donors (Lipinski definition) is 2. The van der Waals surface area contributed by atoms with Crippen LogP contribution in [-0.2, 0) is 4.79 Å². The van der Waals surface area contributed by atoms with Crippen molar-refractivity contribution in [3.63, 3.8) is 0 Å². The summed E-state index contributed by atoms with van der Waals surface area (Å²) in [4.78, 5) is 27.6. The molecule has 1 aliphatic heterocycles. The number of nitrogens with zero attached hydrogens (tertiary/aromatic N) is 1. The Morgan fingerprint density at radius 2 is 2.00 bits per heavy atom. The van der Waals surface area contributed by atoms with Gasteiger partial charge in [0.15, 0.2) is 0 Å². The third kappa shape index (κ3) is 4.55. The van der Waals surface area contributed by atoms with Crippen molar-refractivity contribution in [1.29, 1.82) is 0 Å². The van der Waals surface area contributed by atoms with Crippen LogP contribution in [0.2, 0.25) is 0 Å². The number of carbonyl (C=O) groups is 2. The van der Waals surface area contributed by atoms with E-state index in [0.717, 1.165) is 25.9 Å². The topological polar surface area (TPSA) is 61.4 Å². The molecule has 0 spiro atoms. The summed E-state index contributed by atoms with van der Waals surface area (Å²) in [5.41, 5.74) is 0. The van der Waals surface area contributed by atoms with Crippen molar-refractivity contribution in [3.05, 3.63) is 22.4 Å². The minimum absolute atomic E-state index is 0.0511. The molecule has 1 fully saturated rings. The number of likely N-dealkylation sites (tertiary alicyclic amines) is 1. The fourth-order valence-corrected chi connectivity index (χ4v) is 3.23. The Morgan fingerprint density at radius 1 is 1.32 bits per heavy atom. The number of nitrogens with one attached hydrogen (secondary N) is 2. The lowest BCUT2D eigenvalue weighted by Gasteiger charge is -2.31. The molecule has 0 bridgehead atoms. The van der Waals surface area contributed by atoms with Crippen LogP contribution in [0.5, 0.6) is 0 Å². The van der Waals surface area contributed by atoms with Crippen LogP contribution in [0.1, 0.15) is 36.4 Å². The molecule has 1 saturated heterocycles. The van der Waals surface area contributed by atoms with E-state index in [9.17, 15) is 9.59 Å². The summed E-state index contributed by atoms with van der Waals surface area (Å²) in [6.45, 7) is 5.90. The maximum absolute atomic E-state index is 12.5. The fraction of sp³-hybridized carbons (Fsp3) is 0.625. The molecule has 0 aromatic carbocycles. The monoisotopic (exact) mass is 323 g/mol. The summed E-state index contributed by atoms with van der Waals surface area (Å²) in [5.74, 6) is -0.197. The van der Waals surface area contributed by atoms with Crippen molar-refractivity contribution in [2.75, 3.05) is 20.1 Å². The predicted molar refractivity (Wildman–Crippen MR) is 89.1 cm³/mol. The Kier molecular flexibility index (Phi) is 5.97. The number of carbonyl (C=O) groups excluding carboxylic acids is 2. The largest absolute Gasteiger partial charge is 0.351 e. The first-order valence-electron chi connectivity index (χ1n) is 7.80. The van der Waals surface area contributed by atoms with Gasteiger partial charge in [0, 0.05) is 6.04 Å². The van der Waals surface area contributed by atoms with Crippen molar-refractivity contribution in [3.8, 4) is 0 Å². The zero-order valence-corrected chi connectivity index (χ0v) is 14.3. The average molecular weight is 323 g/mol. The van der Waals surface area contributed by atoms with Gasteiger partial charge in [0.1, 0.15) is 6.04 Å². The van der Waals surface area contributed by atoms with Crippen LogP contribution in [0, 0.1) is 5.92 Å². The molecule has 1 unspecified atom stereocenters. The van der Waals surface area contributed by atoms with Gasteiger partial charge in [0.05, 0.1) is 4.88 Å². The highest BCUT2D eigenvalue weighted by Gasteiger charge is 2.27. The Hall–Kier alpha value is -1.40. The Morgan fingerprint density at radius 3 is 2.55 bits per heavy atom. The van der Waals surface area contributed by atoms with Gasteiger partial charge in [-0.25, -0.2) is 0 Å². The van der Waals surface area contributed by atoms with Gasteiger partial charge >= 0.3 is 0 Å². The van der Waals surface area contributed by atoms with Crippen LogP contribution in [0.4, 0.5) is 0 Å². The highest BCUT2D eigenvalue weighted by atomic mass is 32.1. The van der Waals surface area contributed by atoms with Crippen molar-refractivity contribution < 1.29 is 9.59 Å². The minimum Gasteiger partial charge on any atom is -0.351 e. The maximum Gasteiger partial charge on any atom is 0.262 e. The van der Waals surface area contributed by atoms with Crippen molar-refractivity contribution in [1.82, 2.24) is 15.5 Å². The number of rotatable bonds is 5. The van der Waals surface area contributed by atoms with Crippen molar-refractivity contribution in [2.45, 2.75) is 38.8 Å². The third-order valence-electron chi connectivity index (χ3n) is 4.05. The quantitative estimate of drug-likeness (QED) is 0.867. The molecule has 2 N–H and O–H groups in total. The lowest BCUT2D eigenvalue weighted by Crippen LogP contribution is -2.53. The zero-order valence-electron chi connectivity index (χ0n) is 13.5. The van der Waals surface area contributed by atoms with E-state index in [1.807, 2.05) is 25.3 Å². The van der Waals surface area contributed by atoms with Crippen LogP contribution in [0.25, 0.3) is 0 Å². The van der Waals surface area contributed by atoms with Gasteiger partial charge in [0.2, 0.25) is 5.91 Å². The molecule has 2 rings (SSSR count). The first-order valence-corrected chi connectivity index (χ1v) is 8.68. The highest BCUT2D eigenvalue weighted by Crippen LogP contribution is 2.12. The first-order chi connectivity index (χ1) is 10.5. The van der Waals surface area contributed by atoms with Crippen LogP contribution in [-0.4, -0.2) is 48.9 Å². The van der Waals surface area contributed by atoms with Gasteiger partial charge in [-0.05, 0) is 50.3 Å².